The lowest BCUT2D eigenvalue weighted by Gasteiger charge is -2.02. The van der Waals surface area contributed by atoms with Crippen LogP contribution in [0.1, 0.15) is 19.4 Å². The van der Waals surface area contributed by atoms with Crippen LogP contribution in [0.25, 0.3) is 10.8 Å². The zero-order valence-corrected chi connectivity index (χ0v) is 9.04. The van der Waals surface area contributed by atoms with E-state index < -0.39 is 0 Å². The molecule has 0 saturated carbocycles. The quantitative estimate of drug-likeness (QED) is 0.624. The lowest BCUT2D eigenvalue weighted by atomic mass is 10.1. The third kappa shape index (κ3) is 2.05. The van der Waals surface area contributed by atoms with Crippen LogP contribution in [0.3, 0.4) is 0 Å². The van der Waals surface area contributed by atoms with Crippen LogP contribution in [0.4, 0.5) is 5.69 Å². The Balaban J connectivity index is 0.000000461. The van der Waals surface area contributed by atoms with E-state index in [1.165, 1.54) is 10.9 Å². The Morgan fingerprint density at radius 3 is 2.36 bits per heavy atom. The predicted octanol–water partition coefficient (Wildman–Crippen LogP) is 3.76. The third-order valence-electron chi connectivity index (χ3n) is 2.04. The van der Waals surface area contributed by atoms with Crippen molar-refractivity contribution in [1.82, 2.24) is 0 Å². The summed E-state index contributed by atoms with van der Waals surface area (Å²) < 4.78 is 0. The van der Waals surface area contributed by atoms with E-state index in [9.17, 15) is 0 Å². The Morgan fingerprint density at radius 2 is 1.64 bits per heavy atom. The standard InChI is InChI=1S/C11H11N.C2H6/c1-8-6-9-4-2-3-5-10(9)11(12)7-8;1-2/h2-7H,12H2,1H3;1-2H3. The molecule has 1 heteroatoms. The molecule has 0 aliphatic rings. The first-order valence-corrected chi connectivity index (χ1v) is 5.02. The first-order valence-electron chi connectivity index (χ1n) is 5.02. The molecule has 74 valence electrons. The van der Waals surface area contributed by atoms with Crippen LogP contribution < -0.4 is 5.73 Å². The number of rotatable bonds is 0. The van der Waals surface area contributed by atoms with Gasteiger partial charge in [-0.1, -0.05) is 44.2 Å². The van der Waals surface area contributed by atoms with Crippen LogP contribution >= 0.6 is 0 Å². The Hall–Kier alpha value is -1.50. The Labute approximate surface area is 85.6 Å². The van der Waals surface area contributed by atoms with Gasteiger partial charge in [0.1, 0.15) is 0 Å². The molecule has 0 radical (unpaired) electrons. The minimum Gasteiger partial charge on any atom is -0.398 e. The smallest absolute Gasteiger partial charge is 0.0396 e. The summed E-state index contributed by atoms with van der Waals surface area (Å²) in [5, 5.41) is 2.36. The van der Waals surface area contributed by atoms with Gasteiger partial charge in [0.2, 0.25) is 0 Å². The van der Waals surface area contributed by atoms with E-state index in [1.807, 2.05) is 38.1 Å². The minimum absolute atomic E-state index is 0.866. The molecule has 2 aromatic rings. The van der Waals surface area contributed by atoms with Gasteiger partial charge in [0.05, 0.1) is 0 Å². The molecule has 0 spiro atoms. The van der Waals surface area contributed by atoms with E-state index in [1.54, 1.807) is 0 Å². The van der Waals surface area contributed by atoms with Crippen molar-refractivity contribution < 1.29 is 0 Å². The fourth-order valence-corrected chi connectivity index (χ4v) is 1.50. The van der Waals surface area contributed by atoms with Gasteiger partial charge >= 0.3 is 0 Å². The number of anilines is 1. The zero-order chi connectivity index (χ0) is 10.6. The lowest BCUT2D eigenvalue weighted by molar-refractivity contribution is 1.50. The highest BCUT2D eigenvalue weighted by molar-refractivity contribution is 5.93. The van der Waals surface area contributed by atoms with Crippen molar-refractivity contribution in [3.8, 4) is 0 Å². The summed E-state index contributed by atoms with van der Waals surface area (Å²) in [6.07, 6.45) is 0. The highest BCUT2D eigenvalue weighted by Crippen LogP contribution is 2.22. The van der Waals surface area contributed by atoms with Crippen molar-refractivity contribution in [3.63, 3.8) is 0 Å². The molecular formula is C13H17N. The van der Waals surface area contributed by atoms with Crippen LogP contribution in [0.5, 0.6) is 0 Å². The van der Waals surface area contributed by atoms with Gasteiger partial charge in [-0.25, -0.2) is 0 Å². The second-order valence-electron chi connectivity index (χ2n) is 3.08. The van der Waals surface area contributed by atoms with Gasteiger partial charge in [-0.05, 0) is 23.9 Å². The summed E-state index contributed by atoms with van der Waals surface area (Å²) in [4.78, 5) is 0. The van der Waals surface area contributed by atoms with Gasteiger partial charge in [-0.2, -0.15) is 0 Å². The van der Waals surface area contributed by atoms with Gasteiger partial charge in [0.25, 0.3) is 0 Å². The third-order valence-corrected chi connectivity index (χ3v) is 2.04. The summed E-state index contributed by atoms with van der Waals surface area (Å²) in [6, 6.07) is 12.3. The molecule has 0 aliphatic carbocycles. The van der Waals surface area contributed by atoms with E-state index >= 15 is 0 Å². The van der Waals surface area contributed by atoms with Crippen LogP contribution in [0, 0.1) is 6.92 Å². The molecule has 0 saturated heterocycles. The maximum Gasteiger partial charge on any atom is 0.0396 e. The summed E-state index contributed by atoms with van der Waals surface area (Å²) in [6.45, 7) is 6.06. The number of hydrogen-bond donors (Lipinski definition) is 1. The lowest BCUT2D eigenvalue weighted by Crippen LogP contribution is -1.87. The first kappa shape index (κ1) is 10.6. The van der Waals surface area contributed by atoms with Crippen molar-refractivity contribution in [2.45, 2.75) is 20.8 Å². The van der Waals surface area contributed by atoms with Crippen molar-refractivity contribution in [3.05, 3.63) is 42.0 Å². The fraction of sp³-hybridized carbons (Fsp3) is 0.231. The minimum atomic E-state index is 0.866. The molecule has 0 fully saturated rings. The molecule has 2 N–H and O–H groups in total. The number of nitrogen functional groups attached to an aromatic ring is 1. The largest absolute Gasteiger partial charge is 0.398 e. The van der Waals surface area contributed by atoms with Gasteiger partial charge in [-0.3, -0.25) is 0 Å². The summed E-state index contributed by atoms with van der Waals surface area (Å²) in [7, 11) is 0. The fourth-order valence-electron chi connectivity index (χ4n) is 1.50. The summed E-state index contributed by atoms with van der Waals surface area (Å²) in [5.41, 5.74) is 7.94. The molecule has 0 amide bonds. The predicted molar refractivity (Wildman–Crippen MR) is 64.4 cm³/mol. The zero-order valence-electron chi connectivity index (χ0n) is 9.04. The van der Waals surface area contributed by atoms with E-state index in [-0.39, 0.29) is 0 Å². The van der Waals surface area contributed by atoms with E-state index in [0.717, 1.165) is 11.1 Å². The molecule has 0 aliphatic heterocycles. The van der Waals surface area contributed by atoms with Crippen molar-refractivity contribution >= 4 is 16.5 Å². The van der Waals surface area contributed by atoms with Crippen molar-refractivity contribution in [2.24, 2.45) is 0 Å². The molecule has 1 nitrogen and oxygen atoms in total. The topological polar surface area (TPSA) is 26.0 Å². The average Bonchev–Trinajstić information content (AvgIpc) is 2.20. The van der Waals surface area contributed by atoms with Gasteiger partial charge in [-0.15, -0.1) is 0 Å². The van der Waals surface area contributed by atoms with Crippen LogP contribution in [-0.4, -0.2) is 0 Å². The maximum absolute atomic E-state index is 5.86. The van der Waals surface area contributed by atoms with Gasteiger partial charge in [0.15, 0.2) is 0 Å². The molecule has 0 atom stereocenters. The summed E-state index contributed by atoms with van der Waals surface area (Å²) >= 11 is 0. The Morgan fingerprint density at radius 1 is 1.00 bits per heavy atom. The SMILES string of the molecule is CC.Cc1cc(N)c2ccccc2c1. The van der Waals surface area contributed by atoms with Crippen molar-refractivity contribution in [2.75, 3.05) is 5.73 Å². The number of aryl methyl sites for hydroxylation is 1. The van der Waals surface area contributed by atoms with Crippen LogP contribution in [-0.2, 0) is 0 Å². The number of benzene rings is 2. The second kappa shape index (κ2) is 4.66. The van der Waals surface area contributed by atoms with E-state index in [2.05, 4.69) is 19.1 Å². The Kier molecular flexibility index (Phi) is 3.52. The molecule has 0 heterocycles. The Bertz CT molecular complexity index is 419. The molecule has 0 aromatic heterocycles. The van der Waals surface area contributed by atoms with E-state index in [4.69, 9.17) is 5.73 Å². The number of hydrogen-bond acceptors (Lipinski definition) is 1. The monoisotopic (exact) mass is 187 g/mol. The normalized spacial score (nSPS) is 9.36. The van der Waals surface area contributed by atoms with Gasteiger partial charge < -0.3 is 5.73 Å². The van der Waals surface area contributed by atoms with Crippen LogP contribution in [0.2, 0.25) is 0 Å². The maximum atomic E-state index is 5.86. The number of fused-ring (bicyclic) bond motifs is 1. The van der Waals surface area contributed by atoms with Crippen molar-refractivity contribution in [1.29, 1.82) is 0 Å². The molecule has 2 rings (SSSR count). The van der Waals surface area contributed by atoms with Gasteiger partial charge in [0, 0.05) is 11.1 Å². The molecule has 14 heavy (non-hydrogen) atoms. The molecular weight excluding hydrogens is 170 g/mol. The molecule has 0 unspecified atom stereocenters. The second-order valence-corrected chi connectivity index (χ2v) is 3.08. The number of nitrogens with two attached hydrogens (primary N) is 1. The van der Waals surface area contributed by atoms with E-state index in [0.29, 0.717) is 0 Å². The first-order chi connectivity index (χ1) is 6.77. The highest BCUT2D eigenvalue weighted by atomic mass is 14.5. The molecule has 2 aromatic carbocycles. The highest BCUT2D eigenvalue weighted by Gasteiger charge is 1.96. The average molecular weight is 187 g/mol. The summed E-state index contributed by atoms with van der Waals surface area (Å²) in [5.74, 6) is 0. The van der Waals surface area contributed by atoms with Crippen LogP contribution in [0.15, 0.2) is 36.4 Å². The molecule has 0 bridgehead atoms.